The molecule has 2 aromatic rings. The molecule has 3 aliphatic rings. The number of benzene rings is 2. The number of ether oxygens (including phenoxy) is 1. The van der Waals surface area contributed by atoms with Gasteiger partial charge < -0.3 is 9.84 Å². The van der Waals surface area contributed by atoms with E-state index in [4.69, 9.17) is 16.3 Å². The zero-order chi connectivity index (χ0) is 23.8. The van der Waals surface area contributed by atoms with Crippen LogP contribution in [0.4, 0.5) is 4.39 Å². The fourth-order valence-electron chi connectivity index (χ4n) is 4.07. The van der Waals surface area contributed by atoms with Crippen molar-refractivity contribution < 1.29 is 23.8 Å². The number of hydrogen-bond donors (Lipinski definition) is 1. The van der Waals surface area contributed by atoms with Crippen LogP contribution in [-0.2, 0) is 9.59 Å². The van der Waals surface area contributed by atoms with Gasteiger partial charge in [-0.3, -0.25) is 19.5 Å². The van der Waals surface area contributed by atoms with Crippen molar-refractivity contribution in [2.24, 2.45) is 4.99 Å². The Morgan fingerprint density at radius 2 is 1.91 bits per heavy atom. The first-order valence-corrected chi connectivity index (χ1v) is 11.7. The van der Waals surface area contributed by atoms with E-state index in [0.717, 1.165) is 0 Å². The van der Waals surface area contributed by atoms with Crippen LogP contribution in [0.1, 0.15) is 11.6 Å². The first kappa shape index (κ1) is 22.4. The van der Waals surface area contributed by atoms with Crippen molar-refractivity contribution in [3.8, 4) is 5.75 Å². The molecule has 0 spiro atoms. The fraction of sp³-hybridized carbons (Fsp3) is 0.160. The molecule has 0 bridgehead atoms. The maximum absolute atomic E-state index is 14.9. The molecule has 0 radical (unpaired) electrons. The summed E-state index contributed by atoms with van der Waals surface area (Å²) in [7, 11) is 0. The summed E-state index contributed by atoms with van der Waals surface area (Å²) in [4.78, 5) is 32.2. The van der Waals surface area contributed by atoms with Gasteiger partial charge in [0, 0.05) is 10.6 Å². The normalized spacial score (nSPS) is 23.6. The average molecular weight is 497 g/mol. The maximum Gasteiger partial charge on any atom is 0.296 e. The Hall–Kier alpha value is -3.36. The van der Waals surface area contributed by atoms with Gasteiger partial charge in [-0.1, -0.05) is 71.9 Å². The minimum atomic E-state index is -1.20. The van der Waals surface area contributed by atoms with E-state index in [9.17, 15) is 19.1 Å². The maximum atomic E-state index is 14.9. The lowest BCUT2D eigenvalue weighted by atomic mass is 9.96. The van der Waals surface area contributed by atoms with Crippen LogP contribution in [-0.4, -0.2) is 44.8 Å². The Kier molecular flexibility index (Phi) is 6.02. The summed E-state index contributed by atoms with van der Waals surface area (Å²) in [5.41, 5.74) is -0.167. The number of aliphatic imine (C=N–C) groups is 1. The van der Waals surface area contributed by atoms with E-state index < -0.39 is 42.0 Å². The molecule has 1 aliphatic carbocycles. The van der Waals surface area contributed by atoms with E-state index in [1.807, 2.05) is 6.08 Å². The van der Waals surface area contributed by atoms with Gasteiger partial charge in [0.05, 0.1) is 16.9 Å². The minimum Gasteiger partial charge on any atom is -0.503 e. The average Bonchev–Trinajstić information content (AvgIpc) is 3.38. The van der Waals surface area contributed by atoms with E-state index in [2.05, 4.69) is 4.99 Å². The second kappa shape index (κ2) is 9.12. The zero-order valence-corrected chi connectivity index (χ0v) is 19.2. The second-order valence-electron chi connectivity index (χ2n) is 7.76. The molecular formula is C25H18ClFN2O4S. The lowest BCUT2D eigenvalue weighted by molar-refractivity contribution is -0.125. The molecule has 3 atom stereocenters. The summed E-state index contributed by atoms with van der Waals surface area (Å²) in [6.45, 7) is -0.433. The number of aliphatic hydroxyl groups is 1. The standard InChI is InChI=1S/C25H18ClFN2O4S/c26-16-10-6-12-19-21(16)28-25(34-19)29-22(15-9-4-5-11-17(15)27)20(23(31)24(29)32)18(30)13-33-14-7-2-1-3-8-14/h1-12,19,21-22,31H,13H2. The molecule has 9 heteroatoms. The molecule has 5 rings (SSSR count). The molecule has 2 aromatic carbocycles. The molecule has 0 saturated carbocycles. The number of nitrogens with zero attached hydrogens (tertiary/aromatic N) is 2. The third-order valence-electron chi connectivity index (χ3n) is 5.67. The Bertz CT molecular complexity index is 1290. The van der Waals surface area contributed by atoms with Gasteiger partial charge in [-0.2, -0.15) is 0 Å². The highest BCUT2D eigenvalue weighted by Gasteiger charge is 2.49. The van der Waals surface area contributed by atoms with Gasteiger partial charge in [0.25, 0.3) is 5.91 Å². The number of rotatable bonds is 5. The van der Waals surface area contributed by atoms with Gasteiger partial charge in [-0.25, -0.2) is 4.39 Å². The van der Waals surface area contributed by atoms with Crippen molar-refractivity contribution in [1.29, 1.82) is 0 Å². The summed E-state index contributed by atoms with van der Waals surface area (Å²) < 4.78 is 20.5. The number of aliphatic hydroxyl groups excluding tert-OH is 1. The Balaban J connectivity index is 1.52. The topological polar surface area (TPSA) is 79.2 Å². The van der Waals surface area contributed by atoms with Gasteiger partial charge in [-0.15, -0.1) is 0 Å². The number of fused-ring (bicyclic) bond motifs is 1. The molecule has 6 nitrogen and oxygen atoms in total. The van der Waals surface area contributed by atoms with E-state index >= 15 is 0 Å². The SMILES string of the molecule is O=C(COc1ccccc1)C1=C(O)C(=O)N(C2=NC3C(Cl)=CC=CC3S2)C1c1ccccc1F. The minimum absolute atomic E-state index is 0.0679. The number of amides is 1. The third kappa shape index (κ3) is 3.93. The van der Waals surface area contributed by atoms with Crippen molar-refractivity contribution in [3.05, 3.63) is 101 Å². The highest BCUT2D eigenvalue weighted by Crippen LogP contribution is 2.45. The van der Waals surface area contributed by atoms with Crippen molar-refractivity contribution in [3.63, 3.8) is 0 Å². The van der Waals surface area contributed by atoms with Crippen molar-refractivity contribution in [2.75, 3.05) is 6.61 Å². The van der Waals surface area contributed by atoms with E-state index in [-0.39, 0.29) is 21.6 Å². The second-order valence-corrected chi connectivity index (χ2v) is 9.34. The van der Waals surface area contributed by atoms with E-state index in [1.54, 1.807) is 48.6 Å². The summed E-state index contributed by atoms with van der Waals surface area (Å²) in [5, 5.41) is 11.4. The van der Waals surface area contributed by atoms with Gasteiger partial charge in [-0.05, 0) is 24.3 Å². The predicted molar refractivity (Wildman–Crippen MR) is 128 cm³/mol. The van der Waals surface area contributed by atoms with Crippen LogP contribution in [0.3, 0.4) is 0 Å². The molecule has 1 amide bonds. The predicted octanol–water partition coefficient (Wildman–Crippen LogP) is 4.70. The summed E-state index contributed by atoms with van der Waals surface area (Å²) >= 11 is 7.58. The number of amidine groups is 1. The molecule has 2 aliphatic heterocycles. The highest BCUT2D eigenvalue weighted by atomic mass is 35.5. The Morgan fingerprint density at radius 1 is 1.18 bits per heavy atom. The van der Waals surface area contributed by atoms with Gasteiger partial charge in [0.1, 0.15) is 17.6 Å². The number of carbonyl (C=O) groups is 2. The lowest BCUT2D eigenvalue weighted by Crippen LogP contribution is -2.35. The number of allylic oxidation sites excluding steroid dienone is 2. The molecule has 0 saturated heterocycles. The van der Waals surface area contributed by atoms with Crippen LogP contribution in [0.15, 0.2) is 94.2 Å². The first-order valence-electron chi connectivity index (χ1n) is 10.5. The van der Waals surface area contributed by atoms with Gasteiger partial charge in [0.2, 0.25) is 5.78 Å². The zero-order valence-electron chi connectivity index (χ0n) is 17.6. The number of thioether (sulfide) groups is 1. The van der Waals surface area contributed by atoms with Crippen molar-refractivity contribution in [1.82, 2.24) is 4.90 Å². The van der Waals surface area contributed by atoms with Crippen LogP contribution in [0.2, 0.25) is 0 Å². The fourth-order valence-corrected chi connectivity index (χ4v) is 5.63. The summed E-state index contributed by atoms with van der Waals surface area (Å²) in [6.07, 6.45) is 5.44. The van der Waals surface area contributed by atoms with Crippen LogP contribution in [0, 0.1) is 5.82 Å². The Labute approximate surface area is 204 Å². The smallest absolute Gasteiger partial charge is 0.296 e. The summed E-state index contributed by atoms with van der Waals surface area (Å²) in [6, 6.07) is 12.9. The molecule has 1 N–H and O–H groups in total. The van der Waals surface area contributed by atoms with Crippen LogP contribution >= 0.6 is 23.4 Å². The van der Waals surface area contributed by atoms with E-state index in [0.29, 0.717) is 10.8 Å². The number of carbonyl (C=O) groups excluding carboxylic acids is 2. The quantitative estimate of drug-likeness (QED) is 0.649. The number of halogens is 2. The van der Waals surface area contributed by atoms with Crippen LogP contribution < -0.4 is 4.74 Å². The number of hydrogen-bond acceptors (Lipinski definition) is 6. The molecule has 2 heterocycles. The Morgan fingerprint density at radius 3 is 2.65 bits per heavy atom. The molecule has 34 heavy (non-hydrogen) atoms. The molecule has 0 aromatic heterocycles. The van der Waals surface area contributed by atoms with Crippen molar-refractivity contribution in [2.45, 2.75) is 17.3 Å². The lowest BCUT2D eigenvalue weighted by Gasteiger charge is -2.26. The molecule has 0 fully saturated rings. The molecule has 3 unspecified atom stereocenters. The summed E-state index contributed by atoms with van der Waals surface area (Å²) in [5.74, 6) is -2.37. The molecule has 172 valence electrons. The van der Waals surface area contributed by atoms with Gasteiger partial charge >= 0.3 is 0 Å². The van der Waals surface area contributed by atoms with E-state index in [1.165, 1.54) is 34.9 Å². The number of ketones is 1. The third-order valence-corrected chi connectivity index (χ3v) is 7.22. The number of para-hydroxylation sites is 1. The van der Waals surface area contributed by atoms with Gasteiger partial charge in [0.15, 0.2) is 17.5 Å². The van der Waals surface area contributed by atoms with Crippen LogP contribution in [0.25, 0.3) is 0 Å². The highest BCUT2D eigenvalue weighted by molar-refractivity contribution is 8.14. The van der Waals surface area contributed by atoms with Crippen molar-refractivity contribution >= 4 is 40.2 Å². The number of Topliss-reactive ketones (excluding diaryl/α,β-unsaturated/α-hetero) is 1. The monoisotopic (exact) mass is 496 g/mol. The first-order chi connectivity index (χ1) is 16.5. The molecular weight excluding hydrogens is 479 g/mol. The van der Waals surface area contributed by atoms with Crippen LogP contribution in [0.5, 0.6) is 5.75 Å². The largest absolute Gasteiger partial charge is 0.503 e.